The molecule has 0 saturated heterocycles. The summed E-state index contributed by atoms with van der Waals surface area (Å²) in [6, 6.07) is 5.09. The van der Waals surface area contributed by atoms with Crippen molar-refractivity contribution in [2.45, 2.75) is 19.8 Å². The van der Waals surface area contributed by atoms with E-state index in [4.69, 9.17) is 17.3 Å². The van der Waals surface area contributed by atoms with Gasteiger partial charge in [0.1, 0.15) is 11.0 Å². The Labute approximate surface area is 100 Å². The molecule has 88 valence electrons. The summed E-state index contributed by atoms with van der Waals surface area (Å²) in [6.45, 7) is 2.37. The Kier molecular flexibility index (Phi) is 5.22. The number of rotatable bonds is 5. The lowest BCUT2D eigenvalue weighted by Gasteiger charge is -2.13. The lowest BCUT2D eigenvalue weighted by atomic mass is 10.0. The Morgan fingerprint density at radius 1 is 1.62 bits per heavy atom. The van der Waals surface area contributed by atoms with Crippen molar-refractivity contribution in [2.24, 2.45) is 11.7 Å². The van der Waals surface area contributed by atoms with Crippen molar-refractivity contribution in [2.75, 3.05) is 11.9 Å². The Bertz CT molecular complexity index is 357. The number of nitrogens with two attached hydrogens (primary N) is 1. The summed E-state index contributed by atoms with van der Waals surface area (Å²) in [7, 11) is 0. The number of carbonyl (C=O) groups excluding carboxylic acids is 1. The number of amides is 1. The number of nitrogens with one attached hydrogen (secondary N) is 1. The Morgan fingerprint density at radius 3 is 2.94 bits per heavy atom. The summed E-state index contributed by atoms with van der Waals surface area (Å²) in [4.78, 5) is 15.8. The van der Waals surface area contributed by atoms with Crippen molar-refractivity contribution in [3.63, 3.8) is 0 Å². The van der Waals surface area contributed by atoms with Gasteiger partial charge in [0.25, 0.3) is 0 Å². The second-order valence-corrected chi connectivity index (χ2v) is 3.94. The molecule has 3 N–H and O–H groups in total. The maximum atomic E-state index is 11.8. The van der Waals surface area contributed by atoms with Gasteiger partial charge >= 0.3 is 0 Å². The van der Waals surface area contributed by atoms with Gasteiger partial charge < -0.3 is 11.1 Å². The van der Waals surface area contributed by atoms with E-state index in [9.17, 15) is 4.79 Å². The van der Waals surface area contributed by atoms with E-state index in [1.165, 1.54) is 0 Å². The predicted octanol–water partition coefficient (Wildman–Crippen LogP) is 2.05. The summed E-state index contributed by atoms with van der Waals surface area (Å²) < 4.78 is 0. The van der Waals surface area contributed by atoms with Crippen LogP contribution in [-0.2, 0) is 4.79 Å². The van der Waals surface area contributed by atoms with Gasteiger partial charge in [0.05, 0.1) is 5.92 Å². The lowest BCUT2D eigenvalue weighted by molar-refractivity contribution is -0.119. The van der Waals surface area contributed by atoms with Crippen LogP contribution in [-0.4, -0.2) is 17.4 Å². The van der Waals surface area contributed by atoms with Crippen molar-refractivity contribution in [1.82, 2.24) is 4.98 Å². The molecule has 1 heterocycles. The first-order valence-corrected chi connectivity index (χ1v) is 5.68. The van der Waals surface area contributed by atoms with Crippen LogP contribution in [0.25, 0.3) is 0 Å². The molecule has 0 fully saturated rings. The molecular formula is C11H16ClN3O. The molecule has 0 aliphatic carbocycles. The fourth-order valence-corrected chi connectivity index (χ4v) is 1.57. The summed E-state index contributed by atoms with van der Waals surface area (Å²) in [5.41, 5.74) is 5.54. The van der Waals surface area contributed by atoms with Crippen molar-refractivity contribution in [3.05, 3.63) is 23.4 Å². The molecule has 1 unspecified atom stereocenters. The molecule has 1 aromatic rings. The van der Waals surface area contributed by atoms with Gasteiger partial charge in [0.15, 0.2) is 0 Å². The van der Waals surface area contributed by atoms with Gasteiger partial charge in [-0.15, -0.1) is 0 Å². The van der Waals surface area contributed by atoms with E-state index < -0.39 is 0 Å². The van der Waals surface area contributed by atoms with Gasteiger partial charge in [0, 0.05) is 6.54 Å². The molecule has 1 atom stereocenters. The van der Waals surface area contributed by atoms with Crippen molar-refractivity contribution >= 4 is 23.3 Å². The standard InChI is InChI=1S/C11H16ClN3O/c1-2-4-8(7-13)11(16)15-10-6-3-5-9(12)14-10/h3,5-6,8H,2,4,7,13H2,1H3,(H,14,15,16). The summed E-state index contributed by atoms with van der Waals surface area (Å²) >= 11 is 5.72. The Hall–Kier alpha value is -1.13. The predicted molar refractivity (Wildman–Crippen MR) is 65.3 cm³/mol. The molecular weight excluding hydrogens is 226 g/mol. The number of hydrogen-bond donors (Lipinski definition) is 2. The number of hydrogen-bond acceptors (Lipinski definition) is 3. The van der Waals surface area contributed by atoms with Crippen LogP contribution in [0.2, 0.25) is 5.15 Å². The van der Waals surface area contributed by atoms with Crippen LogP contribution >= 0.6 is 11.6 Å². The SMILES string of the molecule is CCCC(CN)C(=O)Nc1cccc(Cl)n1. The van der Waals surface area contributed by atoms with Crippen LogP contribution in [0.5, 0.6) is 0 Å². The minimum atomic E-state index is -0.161. The first-order chi connectivity index (χ1) is 7.67. The van der Waals surface area contributed by atoms with Gasteiger partial charge in [0.2, 0.25) is 5.91 Å². The van der Waals surface area contributed by atoms with Gasteiger partial charge in [-0.1, -0.05) is 31.0 Å². The summed E-state index contributed by atoms with van der Waals surface area (Å²) in [5.74, 6) is 0.206. The van der Waals surface area contributed by atoms with Crippen molar-refractivity contribution in [1.29, 1.82) is 0 Å². The third-order valence-electron chi connectivity index (χ3n) is 2.26. The zero-order valence-corrected chi connectivity index (χ0v) is 10.00. The Morgan fingerprint density at radius 2 is 2.38 bits per heavy atom. The van der Waals surface area contributed by atoms with Crippen LogP contribution < -0.4 is 11.1 Å². The topological polar surface area (TPSA) is 68.0 Å². The van der Waals surface area contributed by atoms with Crippen molar-refractivity contribution < 1.29 is 4.79 Å². The smallest absolute Gasteiger partial charge is 0.229 e. The largest absolute Gasteiger partial charge is 0.330 e. The molecule has 4 nitrogen and oxygen atoms in total. The minimum absolute atomic E-state index is 0.0980. The minimum Gasteiger partial charge on any atom is -0.330 e. The Balaban J connectivity index is 2.62. The normalized spacial score (nSPS) is 12.2. The summed E-state index contributed by atoms with van der Waals surface area (Å²) in [5, 5.41) is 3.06. The second kappa shape index (κ2) is 6.45. The van der Waals surface area contributed by atoms with E-state index in [1.807, 2.05) is 6.92 Å². The number of halogens is 1. The average molecular weight is 242 g/mol. The summed E-state index contributed by atoms with van der Waals surface area (Å²) in [6.07, 6.45) is 1.71. The zero-order valence-electron chi connectivity index (χ0n) is 9.24. The third-order valence-corrected chi connectivity index (χ3v) is 2.47. The average Bonchev–Trinajstić information content (AvgIpc) is 2.25. The molecule has 0 saturated carbocycles. The van der Waals surface area contributed by atoms with Gasteiger partial charge in [-0.05, 0) is 18.6 Å². The van der Waals surface area contributed by atoms with Crippen LogP contribution in [0.1, 0.15) is 19.8 Å². The molecule has 0 radical (unpaired) electrons. The highest BCUT2D eigenvalue weighted by Gasteiger charge is 2.16. The van der Waals surface area contributed by atoms with E-state index in [1.54, 1.807) is 18.2 Å². The van der Waals surface area contributed by atoms with E-state index in [0.29, 0.717) is 17.5 Å². The first-order valence-electron chi connectivity index (χ1n) is 5.30. The van der Waals surface area contributed by atoms with Crippen molar-refractivity contribution in [3.8, 4) is 0 Å². The van der Waals surface area contributed by atoms with E-state index >= 15 is 0 Å². The number of aromatic nitrogens is 1. The monoisotopic (exact) mass is 241 g/mol. The lowest BCUT2D eigenvalue weighted by Crippen LogP contribution is -2.29. The quantitative estimate of drug-likeness (QED) is 0.776. The molecule has 0 aromatic carbocycles. The van der Waals surface area contributed by atoms with Gasteiger partial charge in [-0.3, -0.25) is 4.79 Å². The van der Waals surface area contributed by atoms with Crippen LogP contribution in [0.15, 0.2) is 18.2 Å². The molecule has 0 aliphatic rings. The molecule has 1 aromatic heterocycles. The highest BCUT2D eigenvalue weighted by atomic mass is 35.5. The maximum Gasteiger partial charge on any atom is 0.229 e. The second-order valence-electron chi connectivity index (χ2n) is 3.56. The van der Waals surface area contributed by atoms with E-state index in [2.05, 4.69) is 10.3 Å². The van der Waals surface area contributed by atoms with Crippen LogP contribution in [0.3, 0.4) is 0 Å². The van der Waals surface area contributed by atoms with E-state index in [-0.39, 0.29) is 11.8 Å². The molecule has 0 bridgehead atoms. The highest BCUT2D eigenvalue weighted by Crippen LogP contribution is 2.12. The molecule has 0 aliphatic heterocycles. The fourth-order valence-electron chi connectivity index (χ4n) is 1.41. The first kappa shape index (κ1) is 12.9. The number of anilines is 1. The maximum absolute atomic E-state index is 11.8. The number of carbonyl (C=O) groups is 1. The number of nitrogens with zero attached hydrogens (tertiary/aromatic N) is 1. The van der Waals surface area contributed by atoms with Gasteiger partial charge in [-0.25, -0.2) is 4.98 Å². The zero-order chi connectivity index (χ0) is 12.0. The highest BCUT2D eigenvalue weighted by molar-refractivity contribution is 6.29. The molecule has 0 spiro atoms. The molecule has 1 amide bonds. The van der Waals surface area contributed by atoms with Crippen LogP contribution in [0.4, 0.5) is 5.82 Å². The fraction of sp³-hybridized carbons (Fsp3) is 0.455. The van der Waals surface area contributed by atoms with E-state index in [0.717, 1.165) is 12.8 Å². The molecule has 5 heteroatoms. The van der Waals surface area contributed by atoms with Crippen LogP contribution in [0, 0.1) is 5.92 Å². The molecule has 1 rings (SSSR count). The van der Waals surface area contributed by atoms with Gasteiger partial charge in [-0.2, -0.15) is 0 Å². The number of pyridine rings is 1. The molecule has 16 heavy (non-hydrogen) atoms. The third kappa shape index (κ3) is 3.79.